The lowest BCUT2D eigenvalue weighted by molar-refractivity contribution is -0.140. The molecule has 0 aliphatic rings. The molecule has 0 saturated heterocycles. The van der Waals surface area contributed by atoms with Crippen LogP contribution in [0.15, 0.2) is 5.16 Å². The molecule has 0 aromatic heterocycles. The third-order valence-corrected chi connectivity index (χ3v) is 0.966. The number of nitrogens with two attached hydrogens (primary N) is 1. The summed E-state index contributed by atoms with van der Waals surface area (Å²) in [6.07, 6.45) is 1.74. The zero-order valence-electron chi connectivity index (χ0n) is 5.25. The summed E-state index contributed by atoms with van der Waals surface area (Å²) >= 11 is 1.22. The largest absolute Gasteiger partial charge is 0.376 e. The van der Waals surface area contributed by atoms with E-state index in [1.165, 1.54) is 18.7 Å². The lowest BCUT2D eigenvalue weighted by Crippen LogP contribution is -2.07. The van der Waals surface area contributed by atoms with Crippen LogP contribution in [0, 0.1) is 0 Å². The summed E-state index contributed by atoms with van der Waals surface area (Å²) in [5, 5.41) is 3.49. The van der Waals surface area contributed by atoms with Crippen LogP contribution >= 0.6 is 11.8 Å². The molecule has 0 amide bonds. The van der Waals surface area contributed by atoms with Gasteiger partial charge in [0.25, 0.3) is 0 Å². The van der Waals surface area contributed by atoms with Crippen molar-refractivity contribution in [3.8, 4) is 0 Å². The van der Waals surface area contributed by atoms with E-state index in [4.69, 9.17) is 5.73 Å². The van der Waals surface area contributed by atoms with E-state index in [2.05, 4.69) is 9.99 Å². The Balaban J connectivity index is 3.56. The molecule has 2 N–H and O–H groups in total. The Morgan fingerprint density at radius 3 is 2.67 bits per heavy atom. The van der Waals surface area contributed by atoms with E-state index >= 15 is 0 Å². The Morgan fingerprint density at radius 2 is 2.33 bits per heavy atom. The van der Waals surface area contributed by atoms with Crippen molar-refractivity contribution in [2.75, 3.05) is 6.26 Å². The topological polar surface area (TPSA) is 64.7 Å². The first-order valence-electron chi connectivity index (χ1n) is 2.22. The smallest absolute Gasteiger partial charge is 0.332 e. The van der Waals surface area contributed by atoms with Crippen molar-refractivity contribution >= 4 is 22.9 Å². The highest BCUT2D eigenvalue weighted by molar-refractivity contribution is 8.13. The van der Waals surface area contributed by atoms with Crippen LogP contribution in [0.1, 0.15) is 6.92 Å². The van der Waals surface area contributed by atoms with Gasteiger partial charge in [-0.2, -0.15) is 0 Å². The maximum absolute atomic E-state index is 10.1. The van der Waals surface area contributed by atoms with Gasteiger partial charge >= 0.3 is 5.97 Å². The number of carbonyl (C=O) groups is 1. The molecule has 0 heterocycles. The monoisotopic (exact) mass is 148 g/mol. The average molecular weight is 148 g/mol. The molecule has 5 heteroatoms. The maximum atomic E-state index is 10.1. The minimum atomic E-state index is -0.466. The second kappa shape index (κ2) is 4.20. The molecule has 0 radical (unpaired) electrons. The Labute approximate surface area is 57.4 Å². The lowest BCUT2D eigenvalue weighted by Gasteiger charge is -1.91. The molecule has 0 bridgehead atoms. The Morgan fingerprint density at radius 1 is 1.78 bits per heavy atom. The van der Waals surface area contributed by atoms with E-state index in [0.29, 0.717) is 0 Å². The number of nitrogens with zero attached hydrogens (tertiary/aromatic N) is 1. The van der Waals surface area contributed by atoms with Crippen LogP contribution in [0.2, 0.25) is 0 Å². The first kappa shape index (κ1) is 8.29. The first-order valence-corrected chi connectivity index (χ1v) is 3.44. The van der Waals surface area contributed by atoms with Crippen molar-refractivity contribution in [1.82, 2.24) is 0 Å². The van der Waals surface area contributed by atoms with Gasteiger partial charge < -0.3 is 10.6 Å². The van der Waals surface area contributed by atoms with Gasteiger partial charge in [0.15, 0.2) is 5.17 Å². The fourth-order valence-corrected chi connectivity index (χ4v) is 0.258. The summed E-state index contributed by atoms with van der Waals surface area (Å²) < 4.78 is 0. The number of hydrogen-bond acceptors (Lipinski definition) is 4. The lowest BCUT2D eigenvalue weighted by atomic mass is 10.8. The van der Waals surface area contributed by atoms with Crippen molar-refractivity contribution in [1.29, 1.82) is 0 Å². The number of amidine groups is 1. The Kier molecular flexibility index (Phi) is 3.87. The zero-order chi connectivity index (χ0) is 7.28. The molecule has 0 fully saturated rings. The second-order valence-corrected chi connectivity index (χ2v) is 2.04. The minimum absolute atomic E-state index is 0.241. The van der Waals surface area contributed by atoms with Crippen molar-refractivity contribution in [3.63, 3.8) is 0 Å². The molecule has 0 atom stereocenters. The van der Waals surface area contributed by atoms with Crippen molar-refractivity contribution in [2.24, 2.45) is 10.9 Å². The second-order valence-electron chi connectivity index (χ2n) is 1.22. The highest BCUT2D eigenvalue weighted by atomic mass is 32.2. The van der Waals surface area contributed by atoms with Gasteiger partial charge in [0.05, 0.1) is 0 Å². The quantitative estimate of drug-likeness (QED) is 0.249. The normalized spacial score (nSPS) is 11.1. The van der Waals surface area contributed by atoms with Gasteiger partial charge in [0, 0.05) is 6.92 Å². The van der Waals surface area contributed by atoms with Crippen LogP contribution in [0.25, 0.3) is 0 Å². The highest BCUT2D eigenvalue weighted by Crippen LogP contribution is 1.90. The summed E-state index contributed by atoms with van der Waals surface area (Å²) in [6, 6.07) is 0. The number of rotatable bonds is 1. The number of hydrogen-bond donors (Lipinski definition) is 1. The third-order valence-electron chi connectivity index (χ3n) is 0.473. The number of thioether (sulfide) groups is 1. The SMILES string of the molecule is CS/C(N)=N\OC(C)=O. The van der Waals surface area contributed by atoms with E-state index in [0.717, 1.165) is 0 Å². The molecule has 52 valence electrons. The van der Waals surface area contributed by atoms with Gasteiger partial charge in [-0.1, -0.05) is 16.9 Å². The van der Waals surface area contributed by atoms with Gasteiger partial charge in [-0.25, -0.2) is 4.79 Å². The predicted molar refractivity (Wildman–Crippen MR) is 36.9 cm³/mol. The Hall–Kier alpha value is -0.710. The zero-order valence-corrected chi connectivity index (χ0v) is 6.07. The van der Waals surface area contributed by atoms with Crippen LogP contribution in [0.4, 0.5) is 0 Å². The number of carbonyl (C=O) groups excluding carboxylic acids is 1. The first-order chi connectivity index (χ1) is 4.16. The van der Waals surface area contributed by atoms with E-state index in [1.807, 2.05) is 0 Å². The average Bonchev–Trinajstić information content (AvgIpc) is 1.83. The summed E-state index contributed by atoms with van der Waals surface area (Å²) in [4.78, 5) is 14.3. The molecule has 0 saturated carbocycles. The summed E-state index contributed by atoms with van der Waals surface area (Å²) in [7, 11) is 0. The molecular formula is C4H8N2O2S. The maximum Gasteiger partial charge on any atom is 0.332 e. The van der Waals surface area contributed by atoms with Gasteiger partial charge in [0.1, 0.15) is 0 Å². The molecule has 0 aliphatic heterocycles. The summed E-state index contributed by atoms with van der Waals surface area (Å²) in [6.45, 7) is 1.26. The van der Waals surface area contributed by atoms with E-state index in [1.54, 1.807) is 6.26 Å². The molecular weight excluding hydrogens is 140 g/mol. The van der Waals surface area contributed by atoms with Crippen molar-refractivity contribution in [2.45, 2.75) is 6.92 Å². The van der Waals surface area contributed by atoms with Crippen molar-refractivity contribution < 1.29 is 9.63 Å². The standard InChI is InChI=1S/C4H8N2O2S/c1-3(7)8-6-4(5)9-2/h1-2H3,(H2,5,6). The van der Waals surface area contributed by atoms with Crippen LogP contribution < -0.4 is 5.73 Å². The fourth-order valence-electron chi connectivity index (χ4n) is 0.147. The molecule has 0 spiro atoms. The minimum Gasteiger partial charge on any atom is -0.376 e. The molecule has 0 unspecified atom stereocenters. The predicted octanol–water partition coefficient (Wildman–Crippen LogP) is 0.142. The molecule has 0 rings (SSSR count). The van der Waals surface area contributed by atoms with Gasteiger partial charge in [-0.05, 0) is 6.26 Å². The van der Waals surface area contributed by atoms with Gasteiger partial charge in [0.2, 0.25) is 0 Å². The number of oxime groups is 1. The highest BCUT2D eigenvalue weighted by Gasteiger charge is 1.90. The van der Waals surface area contributed by atoms with Crippen LogP contribution in [0.5, 0.6) is 0 Å². The molecule has 0 aromatic rings. The van der Waals surface area contributed by atoms with Crippen LogP contribution in [-0.4, -0.2) is 17.4 Å². The van der Waals surface area contributed by atoms with Crippen LogP contribution in [-0.2, 0) is 9.63 Å². The fraction of sp³-hybridized carbons (Fsp3) is 0.500. The summed E-state index contributed by atoms with van der Waals surface area (Å²) in [5.41, 5.74) is 5.16. The molecule has 4 nitrogen and oxygen atoms in total. The molecule has 9 heavy (non-hydrogen) atoms. The van der Waals surface area contributed by atoms with E-state index < -0.39 is 5.97 Å². The third kappa shape index (κ3) is 5.16. The van der Waals surface area contributed by atoms with Gasteiger partial charge in [-0.15, -0.1) is 0 Å². The van der Waals surface area contributed by atoms with Crippen molar-refractivity contribution in [3.05, 3.63) is 0 Å². The molecule has 0 aliphatic carbocycles. The van der Waals surface area contributed by atoms with E-state index in [9.17, 15) is 4.79 Å². The van der Waals surface area contributed by atoms with Crippen LogP contribution in [0.3, 0.4) is 0 Å². The summed E-state index contributed by atoms with van der Waals surface area (Å²) in [5.74, 6) is -0.466. The molecule has 0 aromatic carbocycles. The Bertz CT molecular complexity index is 135. The van der Waals surface area contributed by atoms with E-state index in [-0.39, 0.29) is 5.17 Å². The van der Waals surface area contributed by atoms with Gasteiger partial charge in [-0.3, -0.25) is 0 Å².